The summed E-state index contributed by atoms with van der Waals surface area (Å²) in [5.74, 6) is 0.778. The zero-order valence-corrected chi connectivity index (χ0v) is 10.8. The van der Waals surface area contributed by atoms with E-state index < -0.39 is 0 Å². The molecule has 0 atom stereocenters. The molecule has 0 aromatic heterocycles. The van der Waals surface area contributed by atoms with Crippen LogP contribution in [0.1, 0.15) is 6.92 Å². The van der Waals surface area contributed by atoms with Crippen LogP contribution in [0.3, 0.4) is 0 Å². The second kappa shape index (κ2) is 5.45. The normalized spacial score (nSPS) is 10.1. The first kappa shape index (κ1) is 12.3. The Bertz CT molecular complexity index is 511. The molecule has 0 heterocycles. The number of rotatable bonds is 4. The van der Waals surface area contributed by atoms with Crippen LogP contribution < -0.4 is 15.4 Å². The molecule has 0 fully saturated rings. The molecule has 3 heteroatoms. The maximum Gasteiger partial charge on any atom is 0.121 e. The summed E-state index contributed by atoms with van der Waals surface area (Å²) in [5, 5.41) is 0. The summed E-state index contributed by atoms with van der Waals surface area (Å²) in [6.45, 7) is 2.97. The number of nitrogen functional groups attached to an aromatic ring is 1. The van der Waals surface area contributed by atoms with Crippen molar-refractivity contribution >= 4 is 17.1 Å². The first-order chi connectivity index (χ1) is 8.76. The molecule has 2 aromatic rings. The molecule has 0 saturated carbocycles. The molecule has 0 aliphatic rings. The van der Waals surface area contributed by atoms with Crippen molar-refractivity contribution in [2.24, 2.45) is 0 Å². The van der Waals surface area contributed by atoms with Crippen LogP contribution in [-0.2, 0) is 0 Å². The van der Waals surface area contributed by atoms with Crippen molar-refractivity contribution in [3.8, 4) is 5.75 Å². The van der Waals surface area contributed by atoms with E-state index >= 15 is 0 Å². The van der Waals surface area contributed by atoms with Gasteiger partial charge in [0.15, 0.2) is 0 Å². The molecular weight excluding hydrogens is 224 g/mol. The molecule has 0 amide bonds. The average Bonchev–Trinajstić information content (AvgIpc) is 2.42. The molecule has 0 saturated heterocycles. The summed E-state index contributed by atoms with van der Waals surface area (Å²) in [7, 11) is 1.64. The van der Waals surface area contributed by atoms with Gasteiger partial charge in [-0.25, -0.2) is 0 Å². The van der Waals surface area contributed by atoms with Crippen LogP contribution >= 0.6 is 0 Å². The number of hydrogen-bond acceptors (Lipinski definition) is 3. The van der Waals surface area contributed by atoms with Crippen molar-refractivity contribution in [2.45, 2.75) is 6.92 Å². The summed E-state index contributed by atoms with van der Waals surface area (Å²) in [5.41, 5.74) is 8.95. The molecule has 0 aliphatic heterocycles. The second-order valence-corrected chi connectivity index (χ2v) is 4.00. The number of anilines is 3. The number of para-hydroxylation sites is 1. The number of nitrogens with zero attached hydrogens (tertiary/aromatic N) is 1. The first-order valence-electron chi connectivity index (χ1n) is 6.02. The maximum absolute atomic E-state index is 6.09. The molecule has 18 heavy (non-hydrogen) atoms. The minimum atomic E-state index is 0.722. The van der Waals surface area contributed by atoms with Gasteiger partial charge in [0.25, 0.3) is 0 Å². The zero-order valence-electron chi connectivity index (χ0n) is 10.8. The standard InChI is InChI=1S/C15H18N2O/c1-3-17(12-7-5-4-6-8-12)15-10-9-13(18-2)11-14(15)16/h4-11H,3,16H2,1-2H3. The minimum absolute atomic E-state index is 0.722. The second-order valence-electron chi connectivity index (χ2n) is 4.00. The van der Waals surface area contributed by atoms with Crippen LogP contribution in [0.2, 0.25) is 0 Å². The van der Waals surface area contributed by atoms with E-state index in [1.807, 2.05) is 36.4 Å². The Balaban J connectivity index is 2.39. The van der Waals surface area contributed by atoms with E-state index in [2.05, 4.69) is 24.0 Å². The monoisotopic (exact) mass is 242 g/mol. The molecule has 94 valence electrons. The van der Waals surface area contributed by atoms with Gasteiger partial charge >= 0.3 is 0 Å². The van der Waals surface area contributed by atoms with Gasteiger partial charge in [-0.15, -0.1) is 0 Å². The topological polar surface area (TPSA) is 38.5 Å². The van der Waals surface area contributed by atoms with Crippen molar-refractivity contribution < 1.29 is 4.74 Å². The van der Waals surface area contributed by atoms with Gasteiger partial charge in [-0.1, -0.05) is 18.2 Å². The number of hydrogen-bond donors (Lipinski definition) is 1. The van der Waals surface area contributed by atoms with E-state index in [1.165, 1.54) is 0 Å². The van der Waals surface area contributed by atoms with Gasteiger partial charge in [0, 0.05) is 18.3 Å². The maximum atomic E-state index is 6.09. The lowest BCUT2D eigenvalue weighted by Crippen LogP contribution is -2.17. The molecule has 0 aliphatic carbocycles. The van der Waals surface area contributed by atoms with Crippen LogP contribution in [0, 0.1) is 0 Å². The highest BCUT2D eigenvalue weighted by atomic mass is 16.5. The molecule has 2 aromatic carbocycles. The van der Waals surface area contributed by atoms with Gasteiger partial charge in [0.2, 0.25) is 0 Å². The molecular formula is C15H18N2O. The number of nitrogens with two attached hydrogens (primary N) is 1. The van der Waals surface area contributed by atoms with Gasteiger partial charge in [-0.05, 0) is 31.2 Å². The van der Waals surface area contributed by atoms with E-state index in [4.69, 9.17) is 10.5 Å². The summed E-state index contributed by atoms with van der Waals surface area (Å²) >= 11 is 0. The van der Waals surface area contributed by atoms with E-state index in [9.17, 15) is 0 Å². The largest absolute Gasteiger partial charge is 0.497 e. The van der Waals surface area contributed by atoms with Crippen LogP contribution in [0.5, 0.6) is 5.75 Å². The van der Waals surface area contributed by atoms with Crippen molar-refractivity contribution in [3.05, 3.63) is 48.5 Å². The van der Waals surface area contributed by atoms with Gasteiger partial charge < -0.3 is 15.4 Å². The Morgan fingerprint density at radius 3 is 2.39 bits per heavy atom. The average molecular weight is 242 g/mol. The van der Waals surface area contributed by atoms with Crippen LogP contribution in [-0.4, -0.2) is 13.7 Å². The molecule has 3 nitrogen and oxygen atoms in total. The lowest BCUT2D eigenvalue weighted by molar-refractivity contribution is 0.415. The molecule has 0 spiro atoms. The molecule has 2 rings (SSSR count). The smallest absolute Gasteiger partial charge is 0.121 e. The quantitative estimate of drug-likeness (QED) is 0.835. The van der Waals surface area contributed by atoms with Crippen molar-refractivity contribution in [1.29, 1.82) is 0 Å². The third kappa shape index (κ3) is 2.40. The van der Waals surface area contributed by atoms with Crippen molar-refractivity contribution in [1.82, 2.24) is 0 Å². The van der Waals surface area contributed by atoms with Gasteiger partial charge in [-0.3, -0.25) is 0 Å². The zero-order chi connectivity index (χ0) is 13.0. The molecule has 2 N–H and O–H groups in total. The van der Waals surface area contributed by atoms with Crippen LogP contribution in [0.4, 0.5) is 17.1 Å². The fourth-order valence-corrected chi connectivity index (χ4v) is 2.01. The molecule has 0 bridgehead atoms. The van der Waals surface area contributed by atoms with Crippen LogP contribution in [0.15, 0.2) is 48.5 Å². The third-order valence-corrected chi connectivity index (χ3v) is 2.91. The Morgan fingerprint density at radius 2 is 1.83 bits per heavy atom. The number of methoxy groups -OCH3 is 1. The minimum Gasteiger partial charge on any atom is -0.497 e. The lowest BCUT2D eigenvalue weighted by Gasteiger charge is -2.25. The first-order valence-corrected chi connectivity index (χ1v) is 6.02. The summed E-state index contributed by atoms with van der Waals surface area (Å²) in [4.78, 5) is 2.18. The Labute approximate surface area is 108 Å². The predicted molar refractivity (Wildman–Crippen MR) is 76.5 cm³/mol. The van der Waals surface area contributed by atoms with Crippen molar-refractivity contribution in [3.63, 3.8) is 0 Å². The summed E-state index contributed by atoms with van der Waals surface area (Å²) in [6, 6.07) is 16.0. The predicted octanol–water partition coefficient (Wildman–Crippen LogP) is 3.44. The lowest BCUT2D eigenvalue weighted by atomic mass is 10.2. The van der Waals surface area contributed by atoms with Gasteiger partial charge in [0.1, 0.15) is 5.75 Å². The number of benzene rings is 2. The van der Waals surface area contributed by atoms with Crippen LogP contribution in [0.25, 0.3) is 0 Å². The van der Waals surface area contributed by atoms with Crippen molar-refractivity contribution in [2.75, 3.05) is 24.3 Å². The Hall–Kier alpha value is -2.16. The van der Waals surface area contributed by atoms with E-state index in [0.29, 0.717) is 0 Å². The fraction of sp³-hybridized carbons (Fsp3) is 0.200. The highest BCUT2D eigenvalue weighted by Crippen LogP contribution is 2.32. The van der Waals surface area contributed by atoms with E-state index in [-0.39, 0.29) is 0 Å². The van der Waals surface area contributed by atoms with E-state index in [0.717, 1.165) is 29.4 Å². The summed E-state index contributed by atoms with van der Waals surface area (Å²) in [6.07, 6.45) is 0. The number of ether oxygens (including phenoxy) is 1. The van der Waals surface area contributed by atoms with Gasteiger partial charge in [0.05, 0.1) is 18.5 Å². The van der Waals surface area contributed by atoms with Gasteiger partial charge in [-0.2, -0.15) is 0 Å². The molecule has 0 radical (unpaired) electrons. The Kier molecular flexibility index (Phi) is 3.72. The Morgan fingerprint density at radius 1 is 1.11 bits per heavy atom. The highest BCUT2D eigenvalue weighted by molar-refractivity contribution is 5.75. The molecule has 0 unspecified atom stereocenters. The summed E-state index contributed by atoms with van der Waals surface area (Å²) < 4.78 is 5.17. The van der Waals surface area contributed by atoms with E-state index in [1.54, 1.807) is 7.11 Å². The third-order valence-electron chi connectivity index (χ3n) is 2.91. The highest BCUT2D eigenvalue weighted by Gasteiger charge is 2.10. The fourth-order valence-electron chi connectivity index (χ4n) is 2.01. The SMILES string of the molecule is CCN(c1ccccc1)c1ccc(OC)cc1N.